The molecule has 0 saturated heterocycles. The number of methoxy groups -OCH3 is 2. The Morgan fingerprint density at radius 2 is 1.60 bits per heavy atom. The third kappa shape index (κ3) is 3.74. The molecule has 0 fully saturated rings. The quantitative estimate of drug-likeness (QED) is 0.443. The van der Waals surface area contributed by atoms with Gasteiger partial charge in [0.25, 0.3) is 0 Å². The second kappa shape index (κ2) is 8.33. The number of hydrogen-bond acceptors (Lipinski definition) is 3. The second-order valence-electron chi connectivity index (χ2n) is 7.13. The Balaban J connectivity index is 1.92. The van der Waals surface area contributed by atoms with Crippen molar-refractivity contribution < 1.29 is 19.4 Å². The summed E-state index contributed by atoms with van der Waals surface area (Å²) >= 11 is 0. The lowest BCUT2D eigenvalue weighted by molar-refractivity contribution is -0.138. The summed E-state index contributed by atoms with van der Waals surface area (Å²) in [6.45, 7) is 0. The SMILES string of the molecule is COc1ccc(-c2[nH]c3ccc(OC)cc3c2C(Cc2ccccc2)C(=O)O)cc1. The van der Waals surface area contributed by atoms with Crippen LogP contribution in [0.25, 0.3) is 22.2 Å². The highest BCUT2D eigenvalue weighted by atomic mass is 16.5. The number of H-pyrrole nitrogens is 1. The van der Waals surface area contributed by atoms with Crippen molar-refractivity contribution in [3.05, 3.63) is 83.9 Å². The maximum Gasteiger partial charge on any atom is 0.311 e. The van der Waals surface area contributed by atoms with Crippen molar-refractivity contribution in [2.24, 2.45) is 0 Å². The van der Waals surface area contributed by atoms with E-state index in [1.807, 2.05) is 72.8 Å². The monoisotopic (exact) mass is 401 g/mol. The third-order valence-electron chi connectivity index (χ3n) is 5.35. The fourth-order valence-electron chi connectivity index (χ4n) is 3.83. The van der Waals surface area contributed by atoms with Crippen LogP contribution in [0.3, 0.4) is 0 Å². The van der Waals surface area contributed by atoms with Crippen LogP contribution >= 0.6 is 0 Å². The Kier molecular flexibility index (Phi) is 5.44. The standard InChI is InChI=1S/C25H23NO4/c1-29-18-10-8-17(9-11-18)24-23(20-15-19(30-2)12-13-22(20)26-24)21(25(27)28)14-16-6-4-3-5-7-16/h3-13,15,21,26H,14H2,1-2H3,(H,27,28). The van der Waals surface area contributed by atoms with Gasteiger partial charge in [0.2, 0.25) is 0 Å². The minimum Gasteiger partial charge on any atom is -0.497 e. The highest BCUT2D eigenvalue weighted by Crippen LogP contribution is 2.39. The van der Waals surface area contributed by atoms with E-state index in [9.17, 15) is 9.90 Å². The molecule has 1 atom stereocenters. The fraction of sp³-hybridized carbons (Fsp3) is 0.160. The lowest BCUT2D eigenvalue weighted by Gasteiger charge is -2.15. The number of fused-ring (bicyclic) bond motifs is 1. The molecule has 0 amide bonds. The average Bonchev–Trinajstić information content (AvgIpc) is 3.16. The average molecular weight is 401 g/mol. The lowest BCUT2D eigenvalue weighted by Crippen LogP contribution is -2.15. The number of carboxylic acids is 1. The van der Waals surface area contributed by atoms with Crippen molar-refractivity contribution in [2.45, 2.75) is 12.3 Å². The highest BCUT2D eigenvalue weighted by molar-refractivity contribution is 5.96. The van der Waals surface area contributed by atoms with Crippen LogP contribution in [-0.4, -0.2) is 30.3 Å². The molecule has 5 heteroatoms. The Morgan fingerprint density at radius 1 is 0.933 bits per heavy atom. The summed E-state index contributed by atoms with van der Waals surface area (Å²) in [6.07, 6.45) is 0.392. The predicted octanol–water partition coefficient (Wildman–Crippen LogP) is 5.26. The summed E-state index contributed by atoms with van der Waals surface area (Å²) in [7, 11) is 3.23. The number of aromatic nitrogens is 1. The maximum absolute atomic E-state index is 12.4. The van der Waals surface area contributed by atoms with Crippen LogP contribution in [0.1, 0.15) is 17.0 Å². The van der Waals surface area contributed by atoms with Crippen LogP contribution in [0, 0.1) is 0 Å². The summed E-state index contributed by atoms with van der Waals surface area (Å²) in [4.78, 5) is 15.8. The minimum atomic E-state index is -0.864. The third-order valence-corrected chi connectivity index (χ3v) is 5.35. The summed E-state index contributed by atoms with van der Waals surface area (Å²) in [5, 5.41) is 11.0. The van der Waals surface area contributed by atoms with Crippen LogP contribution in [0.4, 0.5) is 0 Å². The topological polar surface area (TPSA) is 71.5 Å². The van der Waals surface area contributed by atoms with Crippen molar-refractivity contribution in [3.63, 3.8) is 0 Å². The molecule has 0 aliphatic rings. The van der Waals surface area contributed by atoms with Gasteiger partial charge >= 0.3 is 5.97 Å². The number of rotatable bonds is 7. The summed E-state index contributed by atoms with van der Waals surface area (Å²) in [5.41, 5.74) is 4.30. The molecule has 30 heavy (non-hydrogen) atoms. The Morgan fingerprint density at radius 3 is 2.23 bits per heavy atom. The van der Waals surface area contributed by atoms with Gasteiger partial charge in [-0.2, -0.15) is 0 Å². The molecule has 1 unspecified atom stereocenters. The highest BCUT2D eigenvalue weighted by Gasteiger charge is 2.28. The molecule has 2 N–H and O–H groups in total. The van der Waals surface area contributed by atoms with Gasteiger partial charge in [-0.3, -0.25) is 4.79 Å². The minimum absolute atomic E-state index is 0.392. The molecule has 0 saturated carbocycles. The van der Waals surface area contributed by atoms with Gasteiger partial charge in [0.1, 0.15) is 11.5 Å². The molecule has 3 aromatic carbocycles. The van der Waals surface area contributed by atoms with E-state index in [0.717, 1.165) is 39.0 Å². The van der Waals surface area contributed by atoms with Gasteiger partial charge in [-0.1, -0.05) is 30.3 Å². The molecule has 152 valence electrons. The zero-order valence-electron chi connectivity index (χ0n) is 16.9. The molecule has 4 rings (SSSR count). The Bertz CT molecular complexity index is 1160. The van der Waals surface area contributed by atoms with Crippen molar-refractivity contribution in [1.82, 2.24) is 4.98 Å². The van der Waals surface area contributed by atoms with Crippen LogP contribution in [-0.2, 0) is 11.2 Å². The molecule has 5 nitrogen and oxygen atoms in total. The van der Waals surface area contributed by atoms with Crippen LogP contribution < -0.4 is 9.47 Å². The lowest BCUT2D eigenvalue weighted by atomic mass is 9.88. The van der Waals surface area contributed by atoms with Crippen molar-refractivity contribution in [2.75, 3.05) is 14.2 Å². The van der Waals surface area contributed by atoms with Gasteiger partial charge in [-0.25, -0.2) is 0 Å². The van der Waals surface area contributed by atoms with Gasteiger partial charge in [-0.05, 0) is 60.0 Å². The number of aromatic amines is 1. The normalized spacial score (nSPS) is 11.9. The van der Waals surface area contributed by atoms with E-state index in [2.05, 4.69) is 4.98 Å². The number of ether oxygens (including phenoxy) is 2. The summed E-state index contributed by atoms with van der Waals surface area (Å²) in [5.74, 6) is -0.146. The molecule has 1 aromatic heterocycles. The van der Waals surface area contributed by atoms with E-state index in [4.69, 9.17) is 9.47 Å². The maximum atomic E-state index is 12.4. The zero-order valence-corrected chi connectivity index (χ0v) is 16.9. The van der Waals surface area contributed by atoms with Gasteiger partial charge in [0.05, 0.1) is 25.8 Å². The van der Waals surface area contributed by atoms with Crippen LogP contribution in [0.5, 0.6) is 11.5 Å². The number of carboxylic acid groups (broad SMARTS) is 1. The molecular weight excluding hydrogens is 378 g/mol. The molecule has 0 bridgehead atoms. The van der Waals surface area contributed by atoms with E-state index >= 15 is 0 Å². The van der Waals surface area contributed by atoms with E-state index in [1.165, 1.54) is 0 Å². The number of nitrogens with one attached hydrogen (secondary N) is 1. The molecule has 0 aliphatic heterocycles. The summed E-state index contributed by atoms with van der Waals surface area (Å²) < 4.78 is 10.7. The zero-order chi connectivity index (χ0) is 21.1. The van der Waals surface area contributed by atoms with E-state index in [0.29, 0.717) is 12.2 Å². The second-order valence-corrected chi connectivity index (χ2v) is 7.13. The first-order valence-electron chi connectivity index (χ1n) is 9.71. The van der Waals surface area contributed by atoms with Gasteiger partial charge in [0, 0.05) is 16.5 Å². The molecule has 4 aromatic rings. The van der Waals surface area contributed by atoms with Gasteiger partial charge in [0.15, 0.2) is 0 Å². The largest absolute Gasteiger partial charge is 0.497 e. The molecule has 1 heterocycles. The fourth-order valence-corrected chi connectivity index (χ4v) is 3.83. The first kappa shape index (κ1) is 19.6. The number of aliphatic carboxylic acids is 1. The number of hydrogen-bond donors (Lipinski definition) is 2. The van der Waals surface area contributed by atoms with Crippen molar-refractivity contribution in [1.29, 1.82) is 0 Å². The van der Waals surface area contributed by atoms with Gasteiger partial charge < -0.3 is 19.6 Å². The smallest absolute Gasteiger partial charge is 0.311 e. The van der Waals surface area contributed by atoms with Crippen molar-refractivity contribution in [3.8, 4) is 22.8 Å². The molecule has 0 radical (unpaired) electrons. The van der Waals surface area contributed by atoms with Gasteiger partial charge in [-0.15, -0.1) is 0 Å². The van der Waals surface area contributed by atoms with Crippen molar-refractivity contribution >= 4 is 16.9 Å². The van der Waals surface area contributed by atoms with E-state index in [1.54, 1.807) is 14.2 Å². The molecule has 0 aliphatic carbocycles. The molecular formula is C25H23NO4. The number of carbonyl (C=O) groups is 1. The van der Waals surface area contributed by atoms with Crippen LogP contribution in [0.2, 0.25) is 0 Å². The van der Waals surface area contributed by atoms with Crippen LogP contribution in [0.15, 0.2) is 72.8 Å². The predicted molar refractivity (Wildman–Crippen MR) is 117 cm³/mol. The molecule has 0 spiro atoms. The number of benzene rings is 3. The summed E-state index contributed by atoms with van der Waals surface area (Å²) in [6, 6.07) is 23.0. The first-order chi connectivity index (χ1) is 14.6. The Labute approximate surface area is 174 Å². The van der Waals surface area contributed by atoms with E-state index in [-0.39, 0.29) is 0 Å². The first-order valence-corrected chi connectivity index (χ1v) is 9.71. The van der Waals surface area contributed by atoms with E-state index < -0.39 is 11.9 Å². The Hall–Kier alpha value is -3.73.